The van der Waals surface area contributed by atoms with Crippen LogP contribution in [-0.4, -0.2) is 9.72 Å². The molecule has 2 aromatic carbocycles. The lowest BCUT2D eigenvalue weighted by Crippen LogP contribution is -2.16. The van der Waals surface area contributed by atoms with Crippen molar-refractivity contribution in [2.24, 2.45) is 0 Å². The molecule has 0 saturated heterocycles. The molecule has 1 heterocycles. The SMILES string of the molecule is Cc1ccc(-c2noc(=O)n2Cc2ccccc2)cc1. The number of hydrogen-bond donors (Lipinski definition) is 0. The first kappa shape index (κ1) is 12.4. The summed E-state index contributed by atoms with van der Waals surface area (Å²) in [4.78, 5) is 11.8. The molecule has 4 heteroatoms. The zero-order valence-corrected chi connectivity index (χ0v) is 11.1. The van der Waals surface area contributed by atoms with Crippen LogP contribution in [0.2, 0.25) is 0 Å². The van der Waals surface area contributed by atoms with Gasteiger partial charge in [-0.1, -0.05) is 65.3 Å². The summed E-state index contributed by atoms with van der Waals surface area (Å²) in [5, 5.41) is 3.89. The minimum Gasteiger partial charge on any atom is -0.295 e. The fraction of sp³-hybridized carbons (Fsp3) is 0.125. The van der Waals surface area contributed by atoms with E-state index in [0.717, 1.165) is 16.7 Å². The van der Waals surface area contributed by atoms with Gasteiger partial charge in [-0.05, 0) is 12.5 Å². The highest BCUT2D eigenvalue weighted by molar-refractivity contribution is 5.55. The molecule has 0 fully saturated rings. The molecule has 0 radical (unpaired) electrons. The summed E-state index contributed by atoms with van der Waals surface area (Å²) in [5.74, 6) is 0.114. The van der Waals surface area contributed by atoms with Crippen molar-refractivity contribution in [1.82, 2.24) is 9.72 Å². The van der Waals surface area contributed by atoms with Crippen LogP contribution in [0.15, 0.2) is 63.9 Å². The van der Waals surface area contributed by atoms with E-state index in [1.807, 2.05) is 61.5 Å². The van der Waals surface area contributed by atoms with Gasteiger partial charge in [-0.3, -0.25) is 9.09 Å². The molecule has 100 valence electrons. The van der Waals surface area contributed by atoms with Crippen molar-refractivity contribution in [3.63, 3.8) is 0 Å². The van der Waals surface area contributed by atoms with Crippen LogP contribution in [-0.2, 0) is 6.54 Å². The topological polar surface area (TPSA) is 48.0 Å². The second kappa shape index (κ2) is 5.17. The highest BCUT2D eigenvalue weighted by Gasteiger charge is 2.12. The molecule has 1 aromatic heterocycles. The molecule has 20 heavy (non-hydrogen) atoms. The van der Waals surface area contributed by atoms with Crippen molar-refractivity contribution in [2.75, 3.05) is 0 Å². The predicted octanol–water partition coefficient (Wildman–Crippen LogP) is 2.86. The van der Waals surface area contributed by atoms with Gasteiger partial charge in [-0.15, -0.1) is 0 Å². The number of rotatable bonds is 3. The van der Waals surface area contributed by atoms with Crippen molar-refractivity contribution < 1.29 is 4.52 Å². The largest absolute Gasteiger partial charge is 0.442 e. The van der Waals surface area contributed by atoms with E-state index < -0.39 is 5.76 Å². The molecule has 0 unspecified atom stereocenters. The molecule has 0 aliphatic rings. The Morgan fingerprint density at radius 2 is 1.75 bits per heavy atom. The van der Waals surface area contributed by atoms with E-state index in [9.17, 15) is 4.79 Å². The lowest BCUT2D eigenvalue weighted by atomic mass is 10.1. The van der Waals surface area contributed by atoms with E-state index >= 15 is 0 Å². The monoisotopic (exact) mass is 266 g/mol. The smallest absolute Gasteiger partial charge is 0.295 e. The van der Waals surface area contributed by atoms with Crippen LogP contribution in [0.25, 0.3) is 11.4 Å². The molecule has 0 bridgehead atoms. The average Bonchev–Trinajstić information content (AvgIpc) is 2.83. The Labute approximate surface area is 116 Å². The molecule has 3 aromatic rings. The Balaban J connectivity index is 2.01. The van der Waals surface area contributed by atoms with Crippen LogP contribution >= 0.6 is 0 Å². The maximum Gasteiger partial charge on any atom is 0.442 e. The second-order valence-corrected chi connectivity index (χ2v) is 4.71. The third-order valence-corrected chi connectivity index (χ3v) is 3.18. The highest BCUT2D eigenvalue weighted by Crippen LogP contribution is 2.17. The van der Waals surface area contributed by atoms with Gasteiger partial charge in [0.15, 0.2) is 5.82 Å². The zero-order chi connectivity index (χ0) is 13.9. The van der Waals surface area contributed by atoms with Crippen LogP contribution in [0, 0.1) is 6.92 Å². The number of benzene rings is 2. The van der Waals surface area contributed by atoms with Gasteiger partial charge in [0.1, 0.15) is 0 Å². The fourth-order valence-electron chi connectivity index (χ4n) is 2.08. The van der Waals surface area contributed by atoms with Crippen molar-refractivity contribution in [2.45, 2.75) is 13.5 Å². The molecule has 4 nitrogen and oxygen atoms in total. The van der Waals surface area contributed by atoms with Crippen molar-refractivity contribution >= 4 is 0 Å². The van der Waals surface area contributed by atoms with Gasteiger partial charge in [-0.2, -0.15) is 0 Å². The first-order chi connectivity index (χ1) is 9.74. The quantitative estimate of drug-likeness (QED) is 0.732. The summed E-state index contributed by atoms with van der Waals surface area (Å²) in [6, 6.07) is 17.6. The standard InChI is InChI=1S/C16H14N2O2/c1-12-7-9-14(10-8-12)15-17-20-16(19)18(15)11-13-5-3-2-4-6-13/h2-10H,11H2,1H3. The molecule has 0 amide bonds. The Morgan fingerprint density at radius 3 is 2.45 bits per heavy atom. The van der Waals surface area contributed by atoms with Crippen LogP contribution < -0.4 is 5.76 Å². The molecule has 0 aliphatic carbocycles. The van der Waals surface area contributed by atoms with Gasteiger partial charge in [0.25, 0.3) is 0 Å². The van der Waals surface area contributed by atoms with E-state index in [0.29, 0.717) is 12.4 Å². The van der Waals surface area contributed by atoms with Crippen LogP contribution in [0.5, 0.6) is 0 Å². The Morgan fingerprint density at radius 1 is 1.05 bits per heavy atom. The molecule has 3 rings (SSSR count). The van der Waals surface area contributed by atoms with Crippen molar-refractivity contribution in [3.05, 3.63) is 76.3 Å². The molecule has 0 N–H and O–H groups in total. The lowest BCUT2D eigenvalue weighted by Gasteiger charge is -2.05. The fourth-order valence-corrected chi connectivity index (χ4v) is 2.08. The van der Waals surface area contributed by atoms with Gasteiger partial charge in [-0.25, -0.2) is 4.79 Å². The lowest BCUT2D eigenvalue weighted by molar-refractivity contribution is 0.378. The zero-order valence-electron chi connectivity index (χ0n) is 11.1. The molecular weight excluding hydrogens is 252 g/mol. The highest BCUT2D eigenvalue weighted by atomic mass is 16.5. The van der Waals surface area contributed by atoms with Crippen molar-refractivity contribution in [1.29, 1.82) is 0 Å². The number of aryl methyl sites for hydroxylation is 1. The van der Waals surface area contributed by atoms with Gasteiger partial charge in [0.2, 0.25) is 0 Å². The van der Waals surface area contributed by atoms with Gasteiger partial charge in [0.05, 0.1) is 6.54 Å². The van der Waals surface area contributed by atoms with E-state index in [4.69, 9.17) is 4.52 Å². The van der Waals surface area contributed by atoms with E-state index in [1.54, 1.807) is 4.57 Å². The molecule has 0 spiro atoms. The predicted molar refractivity (Wildman–Crippen MR) is 76.5 cm³/mol. The summed E-state index contributed by atoms with van der Waals surface area (Å²) in [7, 11) is 0. The maximum absolute atomic E-state index is 11.8. The maximum atomic E-state index is 11.8. The summed E-state index contributed by atoms with van der Waals surface area (Å²) in [5.41, 5.74) is 3.07. The Bertz CT molecular complexity index is 755. The summed E-state index contributed by atoms with van der Waals surface area (Å²) >= 11 is 0. The third kappa shape index (κ3) is 2.40. The Hall–Kier alpha value is -2.62. The van der Waals surface area contributed by atoms with Gasteiger partial charge >= 0.3 is 5.76 Å². The average molecular weight is 266 g/mol. The minimum absolute atomic E-state index is 0.440. The molecular formula is C16H14N2O2. The summed E-state index contributed by atoms with van der Waals surface area (Å²) in [6.07, 6.45) is 0. The molecule has 0 atom stereocenters. The van der Waals surface area contributed by atoms with E-state index in [1.165, 1.54) is 0 Å². The third-order valence-electron chi connectivity index (χ3n) is 3.18. The van der Waals surface area contributed by atoms with Crippen molar-refractivity contribution in [3.8, 4) is 11.4 Å². The Kier molecular flexibility index (Phi) is 3.21. The number of nitrogens with zero attached hydrogens (tertiary/aromatic N) is 2. The van der Waals surface area contributed by atoms with Gasteiger partial charge in [0, 0.05) is 5.56 Å². The molecule has 0 aliphatic heterocycles. The minimum atomic E-state index is -0.440. The summed E-state index contributed by atoms with van der Waals surface area (Å²) in [6.45, 7) is 2.47. The first-order valence-corrected chi connectivity index (χ1v) is 6.41. The first-order valence-electron chi connectivity index (χ1n) is 6.41. The van der Waals surface area contributed by atoms with Crippen LogP contribution in [0.3, 0.4) is 0 Å². The van der Waals surface area contributed by atoms with E-state index in [2.05, 4.69) is 5.16 Å². The number of hydrogen-bond acceptors (Lipinski definition) is 3. The van der Waals surface area contributed by atoms with Crippen LogP contribution in [0.1, 0.15) is 11.1 Å². The number of aromatic nitrogens is 2. The molecule has 0 saturated carbocycles. The van der Waals surface area contributed by atoms with Gasteiger partial charge < -0.3 is 0 Å². The van der Waals surface area contributed by atoms with Crippen LogP contribution in [0.4, 0.5) is 0 Å². The van der Waals surface area contributed by atoms with E-state index in [-0.39, 0.29) is 0 Å². The normalized spacial score (nSPS) is 10.7. The second-order valence-electron chi connectivity index (χ2n) is 4.71. The summed E-state index contributed by atoms with van der Waals surface area (Å²) < 4.78 is 6.35.